The fraction of sp³-hybridized carbons (Fsp3) is 0.0417. The first kappa shape index (κ1) is 19.2. The van der Waals surface area contributed by atoms with Gasteiger partial charge in [-0.25, -0.2) is 0 Å². The summed E-state index contributed by atoms with van der Waals surface area (Å²) in [6, 6.07) is 24.3. The first-order valence-corrected chi connectivity index (χ1v) is 10.2. The zero-order chi connectivity index (χ0) is 20.2. The highest BCUT2D eigenvalue weighted by Crippen LogP contribution is 2.42. The molecule has 144 valence electrons. The van der Waals surface area contributed by atoms with E-state index in [1.54, 1.807) is 35.6 Å². The van der Waals surface area contributed by atoms with Crippen LogP contribution in [0.25, 0.3) is 21.6 Å². The summed E-state index contributed by atoms with van der Waals surface area (Å²) in [5.41, 5.74) is 4.04. The summed E-state index contributed by atoms with van der Waals surface area (Å²) in [5, 5.41) is 13.6. The number of rotatable bonds is 6. The molecule has 1 aromatic heterocycles. The summed E-state index contributed by atoms with van der Waals surface area (Å²) in [6.45, 7) is 0.454. The number of ether oxygens (including phenoxy) is 1. The van der Waals surface area contributed by atoms with Gasteiger partial charge in [-0.3, -0.25) is 0 Å². The number of halogens is 1. The number of carboxylic acids is 1. The molecule has 29 heavy (non-hydrogen) atoms. The molecular formula is C24H16ClO3S-. The maximum atomic E-state index is 11.0. The molecule has 0 aliphatic heterocycles. The van der Waals surface area contributed by atoms with Crippen LogP contribution in [0, 0.1) is 0 Å². The summed E-state index contributed by atoms with van der Waals surface area (Å²) in [7, 11) is 0. The Bertz CT molecular complexity index is 1130. The summed E-state index contributed by atoms with van der Waals surface area (Å²) >= 11 is 7.86. The molecule has 0 bridgehead atoms. The normalized spacial score (nSPS) is 10.7. The molecule has 0 fully saturated rings. The van der Waals surface area contributed by atoms with E-state index in [0.717, 1.165) is 32.9 Å². The number of thiophene rings is 1. The van der Waals surface area contributed by atoms with Crippen LogP contribution < -0.4 is 9.84 Å². The summed E-state index contributed by atoms with van der Waals surface area (Å²) in [6.07, 6.45) is 0. The van der Waals surface area contributed by atoms with Crippen molar-refractivity contribution in [2.24, 2.45) is 0 Å². The van der Waals surface area contributed by atoms with E-state index in [9.17, 15) is 9.90 Å². The van der Waals surface area contributed by atoms with E-state index >= 15 is 0 Å². The van der Waals surface area contributed by atoms with Crippen LogP contribution in [-0.4, -0.2) is 5.97 Å². The van der Waals surface area contributed by atoms with Crippen molar-refractivity contribution in [1.29, 1.82) is 0 Å². The lowest BCUT2D eigenvalue weighted by Crippen LogP contribution is -2.21. The van der Waals surface area contributed by atoms with Crippen molar-refractivity contribution >= 4 is 28.9 Å². The van der Waals surface area contributed by atoms with Gasteiger partial charge in [-0.2, -0.15) is 0 Å². The molecule has 1 heterocycles. The van der Waals surface area contributed by atoms with Gasteiger partial charge in [-0.05, 0) is 46.3 Å². The summed E-state index contributed by atoms with van der Waals surface area (Å²) in [4.78, 5) is 12.0. The van der Waals surface area contributed by atoms with Crippen LogP contribution in [0.15, 0.2) is 84.2 Å². The third-order valence-corrected chi connectivity index (χ3v) is 5.72. The average Bonchev–Trinajstić information content (AvgIpc) is 3.23. The third kappa shape index (κ3) is 4.34. The van der Waals surface area contributed by atoms with Crippen molar-refractivity contribution in [3.63, 3.8) is 0 Å². The topological polar surface area (TPSA) is 49.4 Å². The fourth-order valence-electron chi connectivity index (χ4n) is 3.08. The van der Waals surface area contributed by atoms with E-state index in [2.05, 4.69) is 0 Å². The number of benzene rings is 3. The minimum atomic E-state index is -1.19. The molecule has 3 nitrogen and oxygen atoms in total. The van der Waals surface area contributed by atoms with Gasteiger partial charge in [-0.15, -0.1) is 11.3 Å². The number of hydrogen-bond donors (Lipinski definition) is 0. The van der Waals surface area contributed by atoms with E-state index in [1.807, 2.05) is 60.0 Å². The van der Waals surface area contributed by atoms with E-state index in [1.165, 1.54) is 0 Å². The minimum absolute atomic E-state index is 0.154. The summed E-state index contributed by atoms with van der Waals surface area (Å²) in [5.74, 6) is -0.446. The van der Waals surface area contributed by atoms with E-state index < -0.39 is 5.97 Å². The maximum Gasteiger partial charge on any atom is 0.127 e. The lowest BCUT2D eigenvalue weighted by Gasteiger charge is -2.13. The van der Waals surface area contributed by atoms with E-state index in [4.69, 9.17) is 16.3 Å². The third-order valence-electron chi connectivity index (χ3n) is 4.52. The highest BCUT2D eigenvalue weighted by molar-refractivity contribution is 7.14. The molecule has 0 atom stereocenters. The second kappa shape index (κ2) is 8.52. The van der Waals surface area contributed by atoms with Gasteiger partial charge < -0.3 is 14.6 Å². The molecule has 0 saturated heterocycles. The van der Waals surface area contributed by atoms with Crippen LogP contribution in [0.1, 0.15) is 15.9 Å². The Balaban J connectivity index is 1.69. The number of aromatic carboxylic acids is 1. The minimum Gasteiger partial charge on any atom is -0.545 e. The predicted molar refractivity (Wildman–Crippen MR) is 115 cm³/mol. The zero-order valence-electron chi connectivity index (χ0n) is 15.3. The van der Waals surface area contributed by atoms with Crippen LogP contribution in [0.3, 0.4) is 0 Å². The molecule has 0 unspecified atom stereocenters. The van der Waals surface area contributed by atoms with Crippen LogP contribution in [-0.2, 0) is 6.61 Å². The predicted octanol–water partition coefficient (Wildman–Crippen LogP) is 5.68. The molecule has 4 aromatic rings. The Morgan fingerprint density at radius 1 is 0.931 bits per heavy atom. The average molecular weight is 420 g/mol. The maximum absolute atomic E-state index is 11.0. The Morgan fingerprint density at radius 3 is 2.41 bits per heavy atom. The molecule has 0 amide bonds. The SMILES string of the molecule is O=C([O-])c1ccc(-c2sccc2-c2cc(Cl)ccc2OCc2ccccc2)cc1. The van der Waals surface area contributed by atoms with Gasteiger partial charge in [0.25, 0.3) is 0 Å². The monoisotopic (exact) mass is 419 g/mol. The molecule has 0 spiro atoms. The first-order chi connectivity index (χ1) is 14.1. The largest absolute Gasteiger partial charge is 0.545 e. The molecule has 0 aliphatic rings. The molecule has 0 aliphatic carbocycles. The van der Waals surface area contributed by atoms with Crippen molar-refractivity contribution in [2.45, 2.75) is 6.61 Å². The molecule has 0 N–H and O–H groups in total. The van der Waals surface area contributed by atoms with Crippen LogP contribution in [0.5, 0.6) is 5.75 Å². The van der Waals surface area contributed by atoms with Crippen molar-refractivity contribution in [3.8, 4) is 27.3 Å². The first-order valence-electron chi connectivity index (χ1n) is 8.98. The molecule has 4 rings (SSSR count). The van der Waals surface area contributed by atoms with Crippen LogP contribution in [0.2, 0.25) is 5.02 Å². The second-order valence-electron chi connectivity index (χ2n) is 6.44. The highest BCUT2D eigenvalue weighted by Gasteiger charge is 2.15. The number of hydrogen-bond acceptors (Lipinski definition) is 4. The van der Waals surface area contributed by atoms with Gasteiger partial charge in [0, 0.05) is 21.0 Å². The van der Waals surface area contributed by atoms with Gasteiger partial charge >= 0.3 is 0 Å². The highest BCUT2D eigenvalue weighted by atomic mass is 35.5. The molecule has 0 saturated carbocycles. The second-order valence-corrected chi connectivity index (χ2v) is 7.80. The van der Waals surface area contributed by atoms with Gasteiger partial charge in [0.15, 0.2) is 0 Å². The molecule has 0 radical (unpaired) electrons. The fourth-order valence-corrected chi connectivity index (χ4v) is 4.17. The Hall–Kier alpha value is -3.08. The van der Waals surface area contributed by atoms with Gasteiger partial charge in [-0.1, -0.05) is 66.2 Å². The number of carbonyl (C=O) groups is 1. The molecule has 3 aromatic carbocycles. The van der Waals surface area contributed by atoms with Crippen molar-refractivity contribution in [1.82, 2.24) is 0 Å². The smallest absolute Gasteiger partial charge is 0.127 e. The standard InChI is InChI=1S/C24H17ClO3S/c25-19-10-11-22(28-15-16-4-2-1-3-5-16)21(14-19)20-12-13-29-23(20)17-6-8-18(9-7-17)24(26)27/h1-14H,15H2,(H,26,27)/p-1. The summed E-state index contributed by atoms with van der Waals surface area (Å²) < 4.78 is 6.10. The van der Waals surface area contributed by atoms with Crippen LogP contribution >= 0.6 is 22.9 Å². The van der Waals surface area contributed by atoms with Gasteiger partial charge in [0.1, 0.15) is 12.4 Å². The van der Waals surface area contributed by atoms with Crippen molar-refractivity contribution in [2.75, 3.05) is 0 Å². The lowest BCUT2D eigenvalue weighted by atomic mass is 10.0. The van der Waals surface area contributed by atoms with Crippen LogP contribution in [0.4, 0.5) is 0 Å². The Labute approximate surface area is 177 Å². The van der Waals surface area contributed by atoms with Gasteiger partial charge in [0.05, 0.1) is 5.97 Å². The Kier molecular flexibility index (Phi) is 5.65. The zero-order valence-corrected chi connectivity index (χ0v) is 16.9. The quantitative estimate of drug-likeness (QED) is 0.404. The number of carbonyl (C=O) groups excluding carboxylic acids is 1. The Morgan fingerprint density at radius 2 is 1.69 bits per heavy atom. The van der Waals surface area contributed by atoms with Crippen molar-refractivity contribution in [3.05, 3.63) is 100 Å². The van der Waals surface area contributed by atoms with E-state index in [0.29, 0.717) is 11.6 Å². The van der Waals surface area contributed by atoms with Crippen molar-refractivity contribution < 1.29 is 14.6 Å². The molecular weight excluding hydrogens is 404 g/mol. The van der Waals surface area contributed by atoms with Gasteiger partial charge in [0.2, 0.25) is 0 Å². The van der Waals surface area contributed by atoms with E-state index in [-0.39, 0.29) is 5.56 Å². The molecule has 5 heteroatoms. The lowest BCUT2D eigenvalue weighted by molar-refractivity contribution is -0.255. The number of carboxylic acid groups (broad SMARTS) is 1.